The van der Waals surface area contributed by atoms with Crippen LogP contribution in [-0.2, 0) is 14.8 Å². The molecule has 2 atom stereocenters. The number of carbonyl (C=O) groups excluding carboxylic acids is 1. The molecule has 6 nitrogen and oxygen atoms in total. The molecule has 2 heterocycles. The van der Waals surface area contributed by atoms with Gasteiger partial charge in [0.2, 0.25) is 5.91 Å². The fourth-order valence-corrected chi connectivity index (χ4v) is 4.98. The molecule has 1 amide bonds. The second-order valence-electron chi connectivity index (χ2n) is 5.31. The van der Waals surface area contributed by atoms with Gasteiger partial charge in [0.1, 0.15) is 0 Å². The Kier molecular flexibility index (Phi) is 3.73. The van der Waals surface area contributed by atoms with Gasteiger partial charge in [0, 0.05) is 18.3 Å². The molecule has 1 fully saturated rings. The van der Waals surface area contributed by atoms with E-state index in [9.17, 15) is 13.2 Å². The zero-order chi connectivity index (χ0) is 15.9. The average molecular weight is 337 g/mol. The van der Waals surface area contributed by atoms with Crippen LogP contribution in [0, 0.1) is 19.8 Å². The maximum atomic E-state index is 12.3. The van der Waals surface area contributed by atoms with Crippen molar-refractivity contribution in [3.8, 4) is 0 Å². The number of amides is 1. The Labute approximate surface area is 132 Å². The quantitative estimate of drug-likeness (QED) is 0.918. The van der Waals surface area contributed by atoms with E-state index >= 15 is 0 Å². The van der Waals surface area contributed by atoms with E-state index in [0.29, 0.717) is 17.1 Å². The number of pyridine rings is 1. The van der Waals surface area contributed by atoms with Crippen molar-refractivity contribution < 1.29 is 13.2 Å². The number of sulfonamides is 1. The Bertz CT molecular complexity index is 815. The molecular weight excluding hydrogens is 322 g/mol. The monoisotopic (exact) mass is 337 g/mol. The molecule has 0 bridgehead atoms. The lowest BCUT2D eigenvalue weighted by Crippen LogP contribution is -2.32. The third-order valence-corrected chi connectivity index (χ3v) is 6.61. The zero-order valence-corrected chi connectivity index (χ0v) is 13.7. The van der Waals surface area contributed by atoms with Crippen LogP contribution < -0.4 is 4.72 Å². The number of nitrogens with zero attached hydrogens (tertiary/aromatic N) is 2. The molecular formula is C14H15N3O3S2. The number of rotatable bonds is 4. The third-order valence-electron chi connectivity index (χ3n) is 3.58. The average Bonchev–Trinajstić information content (AvgIpc) is 3.18. The summed E-state index contributed by atoms with van der Waals surface area (Å²) in [5, 5.41) is 0.657. The SMILES string of the molecule is Cc1nc(C)c(S(=O)(=O)NC(=O)[C@@H]2C[C@@H]2c2cccnc2)s1. The number of hydrogen-bond donors (Lipinski definition) is 1. The van der Waals surface area contributed by atoms with Crippen molar-refractivity contribution in [2.75, 3.05) is 0 Å². The van der Waals surface area contributed by atoms with Crippen LogP contribution in [0.4, 0.5) is 0 Å². The Balaban J connectivity index is 1.72. The van der Waals surface area contributed by atoms with Crippen LogP contribution in [0.3, 0.4) is 0 Å². The van der Waals surface area contributed by atoms with E-state index in [1.165, 1.54) is 0 Å². The van der Waals surface area contributed by atoms with Gasteiger partial charge in [-0.1, -0.05) is 6.07 Å². The molecule has 0 spiro atoms. The highest BCUT2D eigenvalue weighted by Crippen LogP contribution is 2.47. The number of aromatic nitrogens is 2. The number of hydrogen-bond acceptors (Lipinski definition) is 6. The van der Waals surface area contributed by atoms with Crippen molar-refractivity contribution in [1.29, 1.82) is 0 Å². The second kappa shape index (κ2) is 5.44. The third kappa shape index (κ3) is 2.89. The first-order valence-electron chi connectivity index (χ1n) is 6.79. The first kappa shape index (κ1) is 15.1. The highest BCUT2D eigenvalue weighted by Gasteiger charge is 2.45. The van der Waals surface area contributed by atoms with Crippen molar-refractivity contribution in [2.24, 2.45) is 5.92 Å². The molecule has 1 aliphatic carbocycles. The van der Waals surface area contributed by atoms with Crippen molar-refractivity contribution in [3.63, 3.8) is 0 Å². The van der Waals surface area contributed by atoms with Crippen molar-refractivity contribution in [3.05, 3.63) is 40.8 Å². The van der Waals surface area contributed by atoms with E-state index in [0.717, 1.165) is 16.9 Å². The summed E-state index contributed by atoms with van der Waals surface area (Å²) in [6, 6.07) is 3.71. The van der Waals surface area contributed by atoms with Crippen LogP contribution in [0.15, 0.2) is 28.7 Å². The molecule has 22 heavy (non-hydrogen) atoms. The van der Waals surface area contributed by atoms with E-state index in [-0.39, 0.29) is 16.0 Å². The van der Waals surface area contributed by atoms with Crippen LogP contribution in [0.1, 0.15) is 28.6 Å². The highest BCUT2D eigenvalue weighted by atomic mass is 32.2. The summed E-state index contributed by atoms with van der Waals surface area (Å²) >= 11 is 1.07. The highest BCUT2D eigenvalue weighted by molar-refractivity contribution is 7.92. The molecule has 0 aliphatic heterocycles. The molecule has 3 rings (SSSR count). The van der Waals surface area contributed by atoms with E-state index < -0.39 is 15.9 Å². The number of aryl methyl sites for hydroxylation is 2. The van der Waals surface area contributed by atoms with Crippen molar-refractivity contribution >= 4 is 27.3 Å². The van der Waals surface area contributed by atoms with Crippen molar-refractivity contribution in [2.45, 2.75) is 30.4 Å². The lowest BCUT2D eigenvalue weighted by molar-refractivity contribution is -0.120. The summed E-state index contributed by atoms with van der Waals surface area (Å²) in [6.07, 6.45) is 4.03. The Hall–Kier alpha value is -1.80. The number of nitrogens with one attached hydrogen (secondary N) is 1. The second-order valence-corrected chi connectivity index (χ2v) is 8.39. The Morgan fingerprint density at radius 2 is 2.18 bits per heavy atom. The standard InChI is InChI=1S/C14H15N3O3S2/c1-8-14(21-9(2)16-8)22(19,20)17-13(18)12-6-11(12)10-4-3-5-15-7-10/h3-5,7,11-12H,6H2,1-2H3,(H,17,18)/t11-,12-/m1/s1. The van der Waals surface area contributed by atoms with Gasteiger partial charge in [-0.05, 0) is 37.8 Å². The van der Waals surface area contributed by atoms with Crippen LogP contribution in [-0.4, -0.2) is 24.3 Å². The van der Waals surface area contributed by atoms with Gasteiger partial charge in [0.25, 0.3) is 10.0 Å². The van der Waals surface area contributed by atoms with Crippen LogP contribution in [0.5, 0.6) is 0 Å². The molecule has 2 aromatic rings. The maximum Gasteiger partial charge on any atom is 0.275 e. The first-order valence-corrected chi connectivity index (χ1v) is 9.09. The Morgan fingerprint density at radius 1 is 1.41 bits per heavy atom. The predicted octanol–water partition coefficient (Wildman–Crippen LogP) is 1.76. The summed E-state index contributed by atoms with van der Waals surface area (Å²) in [5.41, 5.74) is 1.38. The van der Waals surface area contributed by atoms with Gasteiger partial charge in [0.05, 0.1) is 10.7 Å². The summed E-state index contributed by atoms with van der Waals surface area (Å²) in [6.45, 7) is 3.36. The van der Waals surface area contributed by atoms with Gasteiger partial charge in [-0.25, -0.2) is 18.1 Å². The van der Waals surface area contributed by atoms with Gasteiger partial charge >= 0.3 is 0 Å². The van der Waals surface area contributed by atoms with E-state index in [4.69, 9.17) is 0 Å². The Morgan fingerprint density at radius 3 is 2.77 bits per heavy atom. The van der Waals surface area contributed by atoms with Crippen LogP contribution in [0.25, 0.3) is 0 Å². The minimum absolute atomic E-state index is 0.0493. The van der Waals surface area contributed by atoms with Crippen molar-refractivity contribution in [1.82, 2.24) is 14.7 Å². The lowest BCUT2D eigenvalue weighted by atomic mass is 10.1. The van der Waals surface area contributed by atoms with Crippen LogP contribution >= 0.6 is 11.3 Å². The smallest absolute Gasteiger partial charge is 0.274 e. The number of carbonyl (C=O) groups is 1. The zero-order valence-electron chi connectivity index (χ0n) is 12.1. The molecule has 0 aromatic carbocycles. The summed E-state index contributed by atoms with van der Waals surface area (Å²) < 4.78 is 26.8. The molecule has 2 aromatic heterocycles. The van der Waals surface area contributed by atoms with Crippen LogP contribution in [0.2, 0.25) is 0 Å². The molecule has 0 saturated heterocycles. The van der Waals surface area contributed by atoms with Gasteiger partial charge in [-0.2, -0.15) is 0 Å². The molecule has 0 unspecified atom stereocenters. The van der Waals surface area contributed by atoms with Gasteiger partial charge in [0.15, 0.2) is 4.21 Å². The molecule has 1 saturated carbocycles. The molecule has 1 N–H and O–H groups in total. The maximum absolute atomic E-state index is 12.3. The molecule has 0 radical (unpaired) electrons. The largest absolute Gasteiger partial charge is 0.275 e. The summed E-state index contributed by atoms with van der Waals surface area (Å²) in [4.78, 5) is 20.3. The topological polar surface area (TPSA) is 89.0 Å². The first-order chi connectivity index (χ1) is 10.4. The fraction of sp³-hybridized carbons (Fsp3) is 0.357. The van der Waals surface area contributed by atoms with Gasteiger partial charge in [-0.15, -0.1) is 11.3 Å². The summed E-state index contributed by atoms with van der Waals surface area (Å²) in [7, 11) is -3.84. The van der Waals surface area contributed by atoms with Gasteiger partial charge in [-0.3, -0.25) is 9.78 Å². The van der Waals surface area contributed by atoms with E-state index in [2.05, 4.69) is 14.7 Å². The van der Waals surface area contributed by atoms with Gasteiger partial charge < -0.3 is 0 Å². The molecule has 116 valence electrons. The normalized spacial score (nSPS) is 20.6. The summed E-state index contributed by atoms with van der Waals surface area (Å²) in [5.74, 6) is -0.721. The van der Waals surface area contributed by atoms with E-state index in [1.54, 1.807) is 26.2 Å². The fourth-order valence-electron chi connectivity index (χ4n) is 2.46. The van der Waals surface area contributed by atoms with E-state index in [1.807, 2.05) is 12.1 Å². The predicted molar refractivity (Wildman–Crippen MR) is 82.0 cm³/mol. The lowest BCUT2D eigenvalue weighted by Gasteiger charge is -2.05. The minimum Gasteiger partial charge on any atom is -0.274 e. The molecule has 8 heteroatoms. The molecule has 1 aliphatic rings. The minimum atomic E-state index is -3.84. The number of thiazole rings is 1.